The van der Waals surface area contributed by atoms with Gasteiger partial charge in [0.1, 0.15) is 0 Å². The van der Waals surface area contributed by atoms with Crippen LogP contribution in [0.25, 0.3) is 0 Å². The number of ether oxygens (including phenoxy) is 2. The normalized spacial score (nSPS) is 48.0. The summed E-state index contributed by atoms with van der Waals surface area (Å²) in [5.41, 5.74) is 0.262. The summed E-state index contributed by atoms with van der Waals surface area (Å²) in [6.45, 7) is 2.91. The molecule has 3 aliphatic heterocycles. The van der Waals surface area contributed by atoms with Gasteiger partial charge in [0.05, 0.1) is 13.2 Å². The van der Waals surface area contributed by atoms with Crippen molar-refractivity contribution in [3.8, 4) is 0 Å². The summed E-state index contributed by atoms with van der Waals surface area (Å²) in [4.78, 5) is 0. The van der Waals surface area contributed by atoms with E-state index in [0.29, 0.717) is 5.92 Å². The summed E-state index contributed by atoms with van der Waals surface area (Å²) in [6, 6.07) is 0. The van der Waals surface area contributed by atoms with Gasteiger partial charge < -0.3 is 14.8 Å². The minimum absolute atomic E-state index is 0.0978. The second-order valence-electron chi connectivity index (χ2n) is 4.84. The van der Waals surface area contributed by atoms with Gasteiger partial charge in [0.15, 0.2) is 6.29 Å². The quantitative estimate of drug-likeness (QED) is 0.634. The summed E-state index contributed by atoms with van der Waals surface area (Å²) in [5.74, 6) is 0.612. The molecule has 0 aromatic carbocycles. The molecular formula is C11H19NO2. The number of nitrogens with one attached hydrogen (secondary N) is 1. The van der Waals surface area contributed by atoms with E-state index in [0.717, 1.165) is 19.8 Å². The van der Waals surface area contributed by atoms with Crippen LogP contribution < -0.4 is 5.32 Å². The Labute approximate surface area is 85.1 Å². The van der Waals surface area contributed by atoms with Gasteiger partial charge >= 0.3 is 0 Å². The predicted molar refractivity (Wildman–Crippen MR) is 53.0 cm³/mol. The van der Waals surface area contributed by atoms with Crippen molar-refractivity contribution in [2.24, 2.45) is 5.92 Å². The van der Waals surface area contributed by atoms with Crippen molar-refractivity contribution >= 4 is 0 Å². The van der Waals surface area contributed by atoms with Crippen LogP contribution in [0.4, 0.5) is 0 Å². The van der Waals surface area contributed by atoms with E-state index >= 15 is 0 Å². The van der Waals surface area contributed by atoms with Gasteiger partial charge in [0.2, 0.25) is 0 Å². The number of hydrogen-bond acceptors (Lipinski definition) is 3. The monoisotopic (exact) mass is 197 g/mol. The van der Waals surface area contributed by atoms with Crippen LogP contribution >= 0.6 is 0 Å². The Morgan fingerprint density at radius 1 is 1.14 bits per heavy atom. The van der Waals surface area contributed by atoms with E-state index in [-0.39, 0.29) is 11.8 Å². The largest absolute Gasteiger partial charge is 0.352 e. The van der Waals surface area contributed by atoms with Crippen molar-refractivity contribution in [2.45, 2.75) is 43.9 Å². The fourth-order valence-electron chi connectivity index (χ4n) is 3.21. The highest BCUT2D eigenvalue weighted by atomic mass is 16.7. The van der Waals surface area contributed by atoms with Crippen molar-refractivity contribution in [3.05, 3.63) is 0 Å². The standard InChI is InChI=1S/C11H19NO2/c1-2-5-11(12-6-3-1)8-14-10-9(11)4-7-13-10/h9-10,12H,1-8H2/t9?,10-,11-/m0/s1. The topological polar surface area (TPSA) is 30.5 Å². The van der Waals surface area contributed by atoms with Crippen molar-refractivity contribution < 1.29 is 9.47 Å². The van der Waals surface area contributed by atoms with Gasteiger partial charge in [-0.2, -0.15) is 0 Å². The molecule has 3 fully saturated rings. The molecule has 3 atom stereocenters. The third kappa shape index (κ3) is 1.30. The Balaban J connectivity index is 1.80. The van der Waals surface area contributed by atoms with E-state index in [1.807, 2.05) is 0 Å². The molecular weight excluding hydrogens is 178 g/mol. The zero-order chi connectivity index (χ0) is 9.43. The zero-order valence-electron chi connectivity index (χ0n) is 8.63. The third-order valence-corrected chi connectivity index (χ3v) is 4.03. The molecule has 0 aromatic rings. The lowest BCUT2D eigenvalue weighted by Crippen LogP contribution is -2.50. The van der Waals surface area contributed by atoms with Crippen molar-refractivity contribution in [1.29, 1.82) is 0 Å². The van der Waals surface area contributed by atoms with Crippen molar-refractivity contribution in [1.82, 2.24) is 5.32 Å². The summed E-state index contributed by atoms with van der Waals surface area (Å²) in [5, 5.41) is 3.72. The molecule has 3 aliphatic rings. The summed E-state index contributed by atoms with van der Waals surface area (Å²) >= 11 is 0. The van der Waals surface area contributed by atoms with Gasteiger partial charge in [-0.15, -0.1) is 0 Å². The molecule has 3 rings (SSSR count). The average molecular weight is 197 g/mol. The van der Waals surface area contributed by atoms with Crippen LogP contribution in [0.3, 0.4) is 0 Å². The van der Waals surface area contributed by atoms with Gasteiger partial charge in [-0.25, -0.2) is 0 Å². The highest BCUT2D eigenvalue weighted by Gasteiger charge is 2.52. The van der Waals surface area contributed by atoms with Gasteiger partial charge in [-0.1, -0.05) is 12.8 Å². The van der Waals surface area contributed by atoms with Gasteiger partial charge in [0.25, 0.3) is 0 Å². The van der Waals surface area contributed by atoms with Gasteiger partial charge in [-0.3, -0.25) is 0 Å². The Morgan fingerprint density at radius 2 is 2.14 bits per heavy atom. The van der Waals surface area contributed by atoms with E-state index in [2.05, 4.69) is 5.32 Å². The Bertz CT molecular complexity index is 211. The van der Waals surface area contributed by atoms with Crippen LogP contribution in [0.15, 0.2) is 0 Å². The first-order valence-electron chi connectivity index (χ1n) is 5.89. The molecule has 3 nitrogen and oxygen atoms in total. The summed E-state index contributed by atoms with van der Waals surface area (Å²) in [6.07, 6.45) is 6.59. The van der Waals surface area contributed by atoms with E-state index in [1.165, 1.54) is 32.1 Å². The SMILES string of the molecule is C1CCN[C@@]2(CC1)CO[C@@H]1OCCC12. The molecule has 0 saturated carbocycles. The van der Waals surface area contributed by atoms with Crippen LogP contribution in [0.2, 0.25) is 0 Å². The maximum absolute atomic E-state index is 5.74. The number of fused-ring (bicyclic) bond motifs is 2. The van der Waals surface area contributed by atoms with Crippen molar-refractivity contribution in [2.75, 3.05) is 19.8 Å². The van der Waals surface area contributed by atoms with Gasteiger partial charge in [0, 0.05) is 11.5 Å². The molecule has 80 valence electrons. The van der Waals surface area contributed by atoms with E-state index in [9.17, 15) is 0 Å². The number of hydrogen-bond donors (Lipinski definition) is 1. The lowest BCUT2D eigenvalue weighted by molar-refractivity contribution is -0.0906. The smallest absolute Gasteiger partial charge is 0.162 e. The van der Waals surface area contributed by atoms with E-state index in [1.54, 1.807) is 0 Å². The van der Waals surface area contributed by atoms with Gasteiger partial charge in [-0.05, 0) is 25.8 Å². The average Bonchev–Trinajstić information content (AvgIpc) is 2.68. The molecule has 0 radical (unpaired) electrons. The maximum Gasteiger partial charge on any atom is 0.162 e. The Morgan fingerprint density at radius 3 is 3.14 bits per heavy atom. The zero-order valence-corrected chi connectivity index (χ0v) is 8.63. The summed E-state index contributed by atoms with van der Waals surface area (Å²) in [7, 11) is 0. The minimum Gasteiger partial charge on any atom is -0.352 e. The third-order valence-electron chi connectivity index (χ3n) is 4.03. The molecule has 3 saturated heterocycles. The predicted octanol–water partition coefficient (Wildman–Crippen LogP) is 1.28. The molecule has 0 aliphatic carbocycles. The van der Waals surface area contributed by atoms with Crippen LogP contribution in [-0.2, 0) is 9.47 Å². The lowest BCUT2D eigenvalue weighted by Gasteiger charge is -2.32. The van der Waals surface area contributed by atoms with Crippen LogP contribution in [0, 0.1) is 5.92 Å². The minimum atomic E-state index is 0.0978. The molecule has 3 heterocycles. The highest BCUT2D eigenvalue weighted by molar-refractivity contribution is 5.02. The van der Waals surface area contributed by atoms with E-state index in [4.69, 9.17) is 9.47 Å². The molecule has 1 spiro atoms. The maximum atomic E-state index is 5.74. The lowest BCUT2D eigenvalue weighted by atomic mass is 9.81. The molecule has 0 bridgehead atoms. The fourth-order valence-corrected chi connectivity index (χ4v) is 3.21. The van der Waals surface area contributed by atoms with Crippen LogP contribution in [0.5, 0.6) is 0 Å². The van der Waals surface area contributed by atoms with Crippen molar-refractivity contribution in [3.63, 3.8) is 0 Å². The fraction of sp³-hybridized carbons (Fsp3) is 1.00. The van der Waals surface area contributed by atoms with Crippen LogP contribution in [0.1, 0.15) is 32.1 Å². The van der Waals surface area contributed by atoms with E-state index < -0.39 is 0 Å². The first-order valence-corrected chi connectivity index (χ1v) is 5.89. The van der Waals surface area contributed by atoms with Crippen LogP contribution in [-0.4, -0.2) is 31.6 Å². The Kier molecular flexibility index (Phi) is 2.26. The second-order valence-corrected chi connectivity index (χ2v) is 4.84. The number of rotatable bonds is 0. The first-order chi connectivity index (χ1) is 6.91. The first kappa shape index (κ1) is 9.13. The second kappa shape index (κ2) is 3.47. The summed E-state index contributed by atoms with van der Waals surface area (Å²) < 4.78 is 11.3. The molecule has 1 unspecified atom stereocenters. The highest BCUT2D eigenvalue weighted by Crippen LogP contribution is 2.42. The molecule has 14 heavy (non-hydrogen) atoms. The molecule has 0 aromatic heterocycles. The molecule has 0 amide bonds. The Hall–Kier alpha value is -0.120. The molecule has 3 heteroatoms. The molecule has 1 N–H and O–H groups in total.